The maximum Gasteiger partial charge on any atom is 0.317 e. The highest BCUT2D eigenvalue weighted by Gasteiger charge is 2.28. The number of piperazine rings is 1. The van der Waals surface area contributed by atoms with Gasteiger partial charge in [0.1, 0.15) is 11.4 Å². The highest BCUT2D eigenvalue weighted by molar-refractivity contribution is 5.84. The number of carbonyl (C=O) groups excluding carboxylic acids is 1. The molecule has 1 aliphatic rings. The Labute approximate surface area is 236 Å². The summed E-state index contributed by atoms with van der Waals surface area (Å²) in [5, 5.41) is 12.8. The summed E-state index contributed by atoms with van der Waals surface area (Å²) in [4.78, 5) is 42.6. The van der Waals surface area contributed by atoms with Crippen LogP contribution in [0.15, 0.2) is 47.5 Å². The van der Waals surface area contributed by atoms with Gasteiger partial charge in [0.15, 0.2) is 0 Å². The lowest BCUT2D eigenvalue weighted by atomic mass is 10.1. The molecule has 0 spiro atoms. The van der Waals surface area contributed by atoms with Crippen LogP contribution in [0.25, 0.3) is 22.0 Å². The van der Waals surface area contributed by atoms with E-state index in [-0.39, 0.29) is 36.5 Å². The van der Waals surface area contributed by atoms with Crippen molar-refractivity contribution in [1.82, 2.24) is 34.5 Å². The zero-order chi connectivity index (χ0) is 29.3. The summed E-state index contributed by atoms with van der Waals surface area (Å²) in [5.41, 5.74) is 2.83. The number of hydrogen-bond donors (Lipinski definition) is 2. The Morgan fingerprint density at radius 2 is 1.95 bits per heavy atom. The van der Waals surface area contributed by atoms with Crippen molar-refractivity contribution in [3.63, 3.8) is 0 Å². The molecule has 5 rings (SSSR count). The van der Waals surface area contributed by atoms with Gasteiger partial charge < -0.3 is 25.0 Å². The molecule has 2 atom stereocenters. The van der Waals surface area contributed by atoms with Gasteiger partial charge in [-0.05, 0) is 36.8 Å². The normalized spacial score (nSPS) is 16.2. The van der Waals surface area contributed by atoms with Gasteiger partial charge in [-0.15, -0.1) is 0 Å². The number of benzene rings is 1. The molecule has 4 heterocycles. The molecule has 3 aromatic heterocycles. The van der Waals surface area contributed by atoms with Crippen LogP contribution < -0.4 is 20.5 Å². The third kappa shape index (κ3) is 5.57. The van der Waals surface area contributed by atoms with Crippen molar-refractivity contribution >= 4 is 22.9 Å². The van der Waals surface area contributed by atoms with Gasteiger partial charge in [0.2, 0.25) is 12.3 Å². The largest absolute Gasteiger partial charge is 0.459 e. The number of halogens is 1. The molecule has 2 N–H and O–H groups in total. The zero-order valence-electron chi connectivity index (χ0n) is 23.4. The zero-order valence-corrected chi connectivity index (χ0v) is 23.4. The highest BCUT2D eigenvalue weighted by Crippen LogP contribution is 2.26. The summed E-state index contributed by atoms with van der Waals surface area (Å²) in [6.45, 7) is 4.91. The Bertz CT molecular complexity index is 1620. The maximum absolute atomic E-state index is 13.7. The Hall–Kier alpha value is -4.52. The number of ether oxygens (including phenoxy) is 1. The van der Waals surface area contributed by atoms with Crippen LogP contribution in [0, 0.1) is 0 Å². The van der Waals surface area contributed by atoms with Gasteiger partial charge in [0.05, 0.1) is 29.7 Å². The highest BCUT2D eigenvalue weighted by atomic mass is 19.1. The summed E-state index contributed by atoms with van der Waals surface area (Å²) >= 11 is 0. The number of anilines is 1. The molecular weight excluding hydrogens is 531 g/mol. The van der Waals surface area contributed by atoms with Gasteiger partial charge in [0, 0.05) is 64.7 Å². The number of rotatable bonds is 7. The van der Waals surface area contributed by atoms with E-state index in [4.69, 9.17) is 4.74 Å². The summed E-state index contributed by atoms with van der Waals surface area (Å²) < 4.78 is 22.2. The standard InChI is InChI=1S/C28H33FN8O4/c1-17-14-35(9-10-36(17)28(40)30-3)27-31-12-20(13-32-27)19-5-7-22-24(11-19)37(34(4)26(22)39)15-23-25(41-18(2)29)8-6-21(16-38)33-23/h5-8,11-13,17-18,38H,9-10,14-16H2,1-4H3,(H,30,40)/t17-,18?/m1/s1. The van der Waals surface area contributed by atoms with Crippen LogP contribution in [0.2, 0.25) is 0 Å². The molecule has 216 valence electrons. The summed E-state index contributed by atoms with van der Waals surface area (Å²) in [7, 11) is 3.28. The molecule has 4 aromatic rings. The summed E-state index contributed by atoms with van der Waals surface area (Å²) in [6.07, 6.45) is 1.93. The molecular formula is C28H33FN8O4. The van der Waals surface area contributed by atoms with E-state index < -0.39 is 6.36 Å². The lowest BCUT2D eigenvalue weighted by molar-refractivity contribution is 0.0840. The number of aliphatic hydroxyl groups excluding tert-OH is 1. The third-order valence-electron chi connectivity index (χ3n) is 7.26. The Balaban J connectivity index is 1.44. The van der Waals surface area contributed by atoms with E-state index in [0.29, 0.717) is 47.9 Å². The predicted octanol–water partition coefficient (Wildman–Crippen LogP) is 2.28. The van der Waals surface area contributed by atoms with Crippen LogP contribution in [0.5, 0.6) is 5.75 Å². The molecule has 41 heavy (non-hydrogen) atoms. The van der Waals surface area contributed by atoms with Crippen LogP contribution in [0.1, 0.15) is 25.2 Å². The minimum Gasteiger partial charge on any atom is -0.459 e. The smallest absolute Gasteiger partial charge is 0.317 e. The van der Waals surface area contributed by atoms with Crippen LogP contribution in [-0.4, -0.2) is 79.4 Å². The van der Waals surface area contributed by atoms with Crippen molar-refractivity contribution in [3.8, 4) is 16.9 Å². The molecule has 0 aliphatic carbocycles. The Morgan fingerprint density at radius 3 is 2.61 bits per heavy atom. The number of alkyl halides is 1. The lowest BCUT2D eigenvalue weighted by Gasteiger charge is -2.39. The van der Waals surface area contributed by atoms with Crippen LogP contribution >= 0.6 is 0 Å². The number of nitrogens with one attached hydrogen (secondary N) is 1. The average molecular weight is 565 g/mol. The fourth-order valence-electron chi connectivity index (χ4n) is 5.12. The number of hydrogen-bond acceptors (Lipinski definition) is 8. The number of aromatic nitrogens is 5. The Kier molecular flexibility index (Phi) is 7.88. The Morgan fingerprint density at radius 1 is 1.20 bits per heavy atom. The first-order valence-electron chi connectivity index (χ1n) is 13.4. The quantitative estimate of drug-likeness (QED) is 0.350. The van der Waals surface area contributed by atoms with Crippen molar-refractivity contribution in [2.45, 2.75) is 39.4 Å². The van der Waals surface area contributed by atoms with Crippen LogP contribution in [0.3, 0.4) is 0 Å². The molecule has 13 heteroatoms. The van der Waals surface area contributed by atoms with Gasteiger partial charge in [-0.1, -0.05) is 6.07 Å². The van der Waals surface area contributed by atoms with Crippen molar-refractivity contribution in [3.05, 3.63) is 64.5 Å². The number of nitrogens with zero attached hydrogens (tertiary/aromatic N) is 7. The van der Waals surface area contributed by atoms with Gasteiger partial charge in [-0.2, -0.15) is 0 Å². The molecule has 1 aromatic carbocycles. The fourth-order valence-corrected chi connectivity index (χ4v) is 5.12. The fraction of sp³-hybridized carbons (Fsp3) is 0.393. The predicted molar refractivity (Wildman–Crippen MR) is 152 cm³/mol. The number of aliphatic hydroxyl groups is 1. The molecule has 1 aliphatic heterocycles. The van der Waals surface area contributed by atoms with Gasteiger partial charge >= 0.3 is 6.03 Å². The van der Waals surface area contributed by atoms with Crippen molar-refractivity contribution in [1.29, 1.82) is 0 Å². The summed E-state index contributed by atoms with van der Waals surface area (Å²) in [5.74, 6) is 0.816. The van der Waals surface area contributed by atoms with Gasteiger partial charge in [-0.3, -0.25) is 14.2 Å². The number of urea groups is 1. The number of carbonyl (C=O) groups is 1. The second-order valence-corrected chi connectivity index (χ2v) is 10.0. The average Bonchev–Trinajstić information content (AvgIpc) is 3.21. The second-order valence-electron chi connectivity index (χ2n) is 10.0. The molecule has 1 fully saturated rings. The minimum atomic E-state index is -1.56. The molecule has 0 bridgehead atoms. The van der Waals surface area contributed by atoms with E-state index in [2.05, 4.69) is 25.2 Å². The second kappa shape index (κ2) is 11.5. The van der Waals surface area contributed by atoms with Crippen molar-refractivity contribution in [2.75, 3.05) is 31.6 Å². The molecule has 1 saturated heterocycles. The minimum absolute atomic E-state index is 0.00999. The first-order chi connectivity index (χ1) is 19.7. The van der Waals surface area contributed by atoms with E-state index >= 15 is 0 Å². The van der Waals surface area contributed by atoms with Crippen molar-refractivity contribution < 1.29 is 19.0 Å². The SMILES string of the molecule is CNC(=O)N1CCN(c2ncc(-c3ccc4c(=O)n(C)n(Cc5nc(CO)ccc5OC(C)F)c4c3)cn2)C[C@H]1C. The third-order valence-corrected chi connectivity index (χ3v) is 7.26. The summed E-state index contributed by atoms with van der Waals surface area (Å²) in [6, 6.07) is 8.54. The molecule has 12 nitrogen and oxygen atoms in total. The van der Waals surface area contributed by atoms with Gasteiger partial charge in [-0.25, -0.2) is 24.1 Å². The van der Waals surface area contributed by atoms with Crippen LogP contribution in [-0.2, 0) is 20.2 Å². The van der Waals surface area contributed by atoms with Crippen LogP contribution in [0.4, 0.5) is 15.1 Å². The van der Waals surface area contributed by atoms with E-state index in [0.717, 1.165) is 11.1 Å². The lowest BCUT2D eigenvalue weighted by Crippen LogP contribution is -2.56. The van der Waals surface area contributed by atoms with E-state index in [9.17, 15) is 19.1 Å². The topological polar surface area (TPSA) is 131 Å². The molecule has 0 radical (unpaired) electrons. The molecule has 2 amide bonds. The monoisotopic (exact) mass is 564 g/mol. The first kappa shape index (κ1) is 28.0. The van der Waals surface area contributed by atoms with Crippen molar-refractivity contribution in [2.24, 2.45) is 7.05 Å². The number of fused-ring (bicyclic) bond motifs is 1. The van der Waals surface area contributed by atoms with Gasteiger partial charge in [0.25, 0.3) is 5.56 Å². The van der Waals surface area contributed by atoms with E-state index in [1.165, 1.54) is 11.6 Å². The molecule has 0 saturated carbocycles. The van der Waals surface area contributed by atoms with E-state index in [1.807, 2.05) is 19.1 Å². The number of pyridine rings is 1. The maximum atomic E-state index is 13.7. The first-order valence-corrected chi connectivity index (χ1v) is 13.4. The van der Waals surface area contributed by atoms with E-state index in [1.54, 1.807) is 54.3 Å². The number of amides is 2. The molecule has 1 unspecified atom stereocenters.